The highest BCUT2D eigenvalue weighted by atomic mass is 16.2. The molecule has 0 radical (unpaired) electrons. The minimum Gasteiger partial charge on any atom is -0.347 e. The van der Waals surface area contributed by atoms with Crippen molar-refractivity contribution >= 4 is 16.7 Å². The molecule has 4 aromatic rings. The van der Waals surface area contributed by atoms with Crippen LogP contribution in [0.3, 0.4) is 0 Å². The number of rotatable bonds is 4. The number of nitrogens with one attached hydrogen (secondary N) is 1. The summed E-state index contributed by atoms with van der Waals surface area (Å²) in [4.78, 5) is 26.2. The number of nitrogens with zero attached hydrogens (tertiary/aromatic N) is 1. The molecule has 3 aromatic carbocycles. The standard InChI is InChI=1S/C25H22N2O2/c1-17-10-6-7-13-19(17)22-20-14-8-9-15-21(20)25(29)27(2)23(22)24(28)26-16-18-11-4-3-5-12-18/h3-15H,16H2,1-2H3,(H,26,28). The average molecular weight is 382 g/mol. The van der Waals surface area contributed by atoms with Crippen LogP contribution in [0, 0.1) is 6.92 Å². The molecule has 144 valence electrons. The van der Waals surface area contributed by atoms with Crippen LogP contribution >= 0.6 is 0 Å². The van der Waals surface area contributed by atoms with Crippen LogP contribution in [0.4, 0.5) is 0 Å². The van der Waals surface area contributed by atoms with Gasteiger partial charge in [-0.25, -0.2) is 0 Å². The molecule has 0 unspecified atom stereocenters. The number of pyridine rings is 1. The number of carbonyl (C=O) groups excluding carboxylic acids is 1. The van der Waals surface area contributed by atoms with Crippen molar-refractivity contribution in [3.05, 3.63) is 106 Å². The fraction of sp³-hybridized carbons (Fsp3) is 0.120. The van der Waals surface area contributed by atoms with E-state index >= 15 is 0 Å². The molecule has 0 aliphatic carbocycles. The summed E-state index contributed by atoms with van der Waals surface area (Å²) in [5.74, 6) is -0.266. The minimum absolute atomic E-state index is 0.178. The lowest BCUT2D eigenvalue weighted by Gasteiger charge is -2.18. The van der Waals surface area contributed by atoms with Crippen LogP contribution in [-0.4, -0.2) is 10.5 Å². The molecule has 4 nitrogen and oxygen atoms in total. The Morgan fingerprint density at radius 2 is 1.48 bits per heavy atom. The summed E-state index contributed by atoms with van der Waals surface area (Å²) < 4.78 is 1.46. The van der Waals surface area contributed by atoms with Gasteiger partial charge in [0.15, 0.2) is 0 Å². The van der Waals surface area contributed by atoms with E-state index in [4.69, 9.17) is 0 Å². The third-order valence-corrected chi connectivity index (χ3v) is 5.23. The zero-order valence-electron chi connectivity index (χ0n) is 16.5. The average Bonchev–Trinajstić information content (AvgIpc) is 2.76. The topological polar surface area (TPSA) is 51.1 Å². The van der Waals surface area contributed by atoms with Gasteiger partial charge in [-0.1, -0.05) is 72.8 Å². The molecule has 0 bridgehead atoms. The number of amides is 1. The SMILES string of the molecule is Cc1ccccc1-c1c(C(=O)NCc2ccccc2)n(C)c(=O)c2ccccc12. The molecular weight excluding hydrogens is 360 g/mol. The molecule has 0 aliphatic heterocycles. The quantitative estimate of drug-likeness (QED) is 0.567. The second-order valence-corrected chi connectivity index (χ2v) is 7.12. The molecule has 4 rings (SSSR count). The first-order chi connectivity index (χ1) is 14.1. The Balaban J connectivity index is 1.92. The van der Waals surface area contributed by atoms with Crippen molar-refractivity contribution < 1.29 is 4.79 Å². The summed E-state index contributed by atoms with van der Waals surface area (Å²) in [7, 11) is 1.66. The van der Waals surface area contributed by atoms with Gasteiger partial charge in [0.05, 0.1) is 0 Å². The molecular formula is C25H22N2O2. The van der Waals surface area contributed by atoms with Crippen LogP contribution in [0.25, 0.3) is 21.9 Å². The third kappa shape index (κ3) is 3.45. The van der Waals surface area contributed by atoms with Gasteiger partial charge in [-0.15, -0.1) is 0 Å². The maximum absolute atomic E-state index is 13.3. The molecule has 1 aromatic heterocycles. The lowest BCUT2D eigenvalue weighted by atomic mass is 9.93. The molecule has 0 atom stereocenters. The van der Waals surface area contributed by atoms with Crippen LogP contribution in [0.2, 0.25) is 0 Å². The predicted octanol–water partition coefficient (Wildman–Crippen LogP) is 4.44. The van der Waals surface area contributed by atoms with Crippen LogP contribution in [-0.2, 0) is 13.6 Å². The van der Waals surface area contributed by atoms with Crippen LogP contribution in [0.1, 0.15) is 21.6 Å². The van der Waals surface area contributed by atoms with E-state index in [1.54, 1.807) is 7.05 Å². The Labute approximate surface area is 169 Å². The van der Waals surface area contributed by atoms with Gasteiger partial charge in [0.2, 0.25) is 0 Å². The van der Waals surface area contributed by atoms with Gasteiger partial charge >= 0.3 is 0 Å². The second kappa shape index (κ2) is 7.76. The zero-order valence-corrected chi connectivity index (χ0v) is 16.5. The lowest BCUT2D eigenvalue weighted by molar-refractivity contribution is 0.0942. The first-order valence-electron chi connectivity index (χ1n) is 9.58. The van der Waals surface area contributed by atoms with Crippen molar-refractivity contribution in [3.8, 4) is 11.1 Å². The summed E-state index contributed by atoms with van der Waals surface area (Å²) in [6.07, 6.45) is 0. The molecule has 0 saturated heterocycles. The maximum Gasteiger partial charge on any atom is 0.268 e. The molecule has 29 heavy (non-hydrogen) atoms. The smallest absolute Gasteiger partial charge is 0.268 e. The van der Waals surface area contributed by atoms with Crippen molar-refractivity contribution in [3.63, 3.8) is 0 Å². The molecule has 4 heteroatoms. The van der Waals surface area contributed by atoms with Gasteiger partial charge in [-0.3, -0.25) is 9.59 Å². The fourth-order valence-corrected chi connectivity index (χ4v) is 3.72. The number of carbonyl (C=O) groups is 1. The van der Waals surface area contributed by atoms with E-state index in [1.165, 1.54) is 4.57 Å². The number of aryl methyl sites for hydroxylation is 1. The summed E-state index contributed by atoms with van der Waals surface area (Å²) in [5, 5.41) is 4.37. The van der Waals surface area contributed by atoms with Crippen LogP contribution < -0.4 is 10.9 Å². The predicted molar refractivity (Wildman–Crippen MR) is 117 cm³/mol. The summed E-state index contributed by atoms with van der Waals surface area (Å²) in [5.41, 5.74) is 3.98. The van der Waals surface area contributed by atoms with Gasteiger partial charge in [-0.2, -0.15) is 0 Å². The summed E-state index contributed by atoms with van der Waals surface area (Å²) in [6.45, 7) is 2.41. The van der Waals surface area contributed by atoms with Crippen molar-refractivity contribution in [1.29, 1.82) is 0 Å². The fourth-order valence-electron chi connectivity index (χ4n) is 3.72. The van der Waals surface area contributed by atoms with E-state index in [0.717, 1.165) is 27.6 Å². The minimum atomic E-state index is -0.266. The largest absolute Gasteiger partial charge is 0.347 e. The van der Waals surface area contributed by atoms with Crippen molar-refractivity contribution in [2.24, 2.45) is 7.05 Å². The highest BCUT2D eigenvalue weighted by Gasteiger charge is 2.22. The Bertz CT molecular complexity index is 1260. The monoisotopic (exact) mass is 382 g/mol. The third-order valence-electron chi connectivity index (χ3n) is 5.23. The van der Waals surface area contributed by atoms with E-state index < -0.39 is 0 Å². The van der Waals surface area contributed by atoms with E-state index in [-0.39, 0.29) is 11.5 Å². The number of fused-ring (bicyclic) bond motifs is 1. The summed E-state index contributed by atoms with van der Waals surface area (Å²) >= 11 is 0. The Morgan fingerprint density at radius 1 is 0.862 bits per heavy atom. The van der Waals surface area contributed by atoms with E-state index in [9.17, 15) is 9.59 Å². The summed E-state index contributed by atoms with van der Waals surface area (Å²) in [6, 6.07) is 25.1. The molecule has 0 aliphatic rings. The molecule has 0 spiro atoms. The van der Waals surface area contributed by atoms with E-state index in [0.29, 0.717) is 17.6 Å². The van der Waals surface area contributed by atoms with Crippen molar-refractivity contribution in [1.82, 2.24) is 9.88 Å². The highest BCUT2D eigenvalue weighted by Crippen LogP contribution is 2.32. The molecule has 1 heterocycles. The lowest BCUT2D eigenvalue weighted by Crippen LogP contribution is -2.32. The number of aromatic nitrogens is 1. The zero-order chi connectivity index (χ0) is 20.4. The van der Waals surface area contributed by atoms with Gasteiger partial charge in [0.25, 0.3) is 11.5 Å². The first kappa shape index (κ1) is 18.7. The van der Waals surface area contributed by atoms with Gasteiger partial charge < -0.3 is 9.88 Å². The Hall–Kier alpha value is -3.66. The number of hydrogen-bond acceptors (Lipinski definition) is 2. The van der Waals surface area contributed by atoms with Crippen molar-refractivity contribution in [2.75, 3.05) is 0 Å². The van der Waals surface area contributed by atoms with Gasteiger partial charge in [-0.05, 0) is 35.1 Å². The Kier molecular flexibility index (Phi) is 5.00. The van der Waals surface area contributed by atoms with Crippen molar-refractivity contribution in [2.45, 2.75) is 13.5 Å². The molecule has 0 saturated carbocycles. The Morgan fingerprint density at radius 3 is 2.21 bits per heavy atom. The first-order valence-corrected chi connectivity index (χ1v) is 9.58. The van der Waals surface area contributed by atoms with E-state index in [1.807, 2.05) is 85.8 Å². The second-order valence-electron chi connectivity index (χ2n) is 7.12. The van der Waals surface area contributed by atoms with E-state index in [2.05, 4.69) is 5.32 Å². The maximum atomic E-state index is 13.3. The van der Waals surface area contributed by atoms with Gasteiger partial charge in [0.1, 0.15) is 5.69 Å². The molecule has 0 fully saturated rings. The van der Waals surface area contributed by atoms with Gasteiger partial charge in [0, 0.05) is 24.5 Å². The van der Waals surface area contributed by atoms with Crippen LogP contribution in [0.5, 0.6) is 0 Å². The number of hydrogen-bond donors (Lipinski definition) is 1. The normalized spacial score (nSPS) is 10.8. The van der Waals surface area contributed by atoms with Crippen LogP contribution in [0.15, 0.2) is 83.7 Å². The molecule has 1 N–H and O–H groups in total. The number of benzene rings is 3. The highest BCUT2D eigenvalue weighted by molar-refractivity contribution is 6.08. The molecule has 1 amide bonds.